The van der Waals surface area contributed by atoms with Gasteiger partial charge in [-0.15, -0.1) is 0 Å². The Morgan fingerprint density at radius 3 is 1.15 bits per heavy atom. The van der Waals surface area contributed by atoms with E-state index in [1.165, 1.54) is 6.07 Å². The Kier molecular flexibility index (Phi) is 11.8. The van der Waals surface area contributed by atoms with E-state index in [0.29, 0.717) is 68.3 Å². The molecule has 10 nitrogen and oxygen atoms in total. The van der Waals surface area contributed by atoms with Gasteiger partial charge >= 0.3 is 6.18 Å². The standard InChI is InChI=1S/C69H39F3N10/c70-69(71,72)50-36-42(40-73)35-49(37-50)51-33-34-59(81-57-27-15-13-25-52(57)54-31-29-47(38-60(54)81)67-77-63(43-17-5-1-6-18-43)75-64(78-67)44-19-7-2-8-20-44)56(41-74)62(51)82-58-28-16-14-26-53(58)55-32-30-48(39-61(55)82)68-79-65(45-21-9-3-10-22-45)76-66(80-68)46-23-11-4-12-24-46/h1-39H. The number of nitriles is 2. The molecule has 0 aliphatic heterocycles. The van der Waals surface area contributed by atoms with Crippen LogP contribution >= 0.6 is 0 Å². The molecule has 0 saturated carbocycles. The fourth-order valence-electron chi connectivity index (χ4n) is 10.9. The predicted molar refractivity (Wildman–Crippen MR) is 314 cm³/mol. The number of alkyl halides is 3. The maximum atomic E-state index is 14.9. The number of aromatic nitrogens is 8. The Hall–Kier alpha value is -11.4. The molecule has 0 unspecified atom stereocenters. The fourth-order valence-corrected chi connectivity index (χ4v) is 10.9. The minimum Gasteiger partial charge on any atom is -0.308 e. The largest absolute Gasteiger partial charge is 0.416 e. The summed E-state index contributed by atoms with van der Waals surface area (Å²) in [5.41, 5.74) is 7.32. The lowest BCUT2D eigenvalue weighted by Crippen LogP contribution is -2.08. The monoisotopic (exact) mass is 1060 g/mol. The highest BCUT2D eigenvalue weighted by atomic mass is 19.4. The van der Waals surface area contributed by atoms with E-state index in [0.717, 1.165) is 61.4 Å². The number of para-hydroxylation sites is 2. The SMILES string of the molecule is N#Cc1cc(-c2ccc(-n3c4ccccc4c4ccc(-c5nc(-c6ccccc6)nc(-c6ccccc6)n5)cc43)c(C#N)c2-n2c3ccccc3c3ccc(-c4nc(-c5ccccc5)nc(-c5ccccc5)n4)cc32)cc(C(F)(F)F)c1. The Labute approximate surface area is 466 Å². The van der Waals surface area contributed by atoms with Gasteiger partial charge in [-0.2, -0.15) is 23.7 Å². The molecule has 0 bridgehead atoms. The molecule has 0 radical (unpaired) electrons. The summed E-state index contributed by atoms with van der Waals surface area (Å²) >= 11 is 0. The van der Waals surface area contributed by atoms with Crippen molar-refractivity contribution < 1.29 is 13.2 Å². The molecule has 4 heterocycles. The highest BCUT2D eigenvalue weighted by molar-refractivity contribution is 6.12. The first-order chi connectivity index (χ1) is 40.2. The third-order valence-corrected chi connectivity index (χ3v) is 14.7. The highest BCUT2D eigenvalue weighted by Gasteiger charge is 2.33. The van der Waals surface area contributed by atoms with Crippen LogP contribution in [0.15, 0.2) is 237 Å². The predicted octanol–water partition coefficient (Wildman–Crippen LogP) is 16.7. The van der Waals surface area contributed by atoms with Crippen LogP contribution in [0.25, 0.3) is 134 Å². The van der Waals surface area contributed by atoms with E-state index < -0.39 is 11.7 Å². The van der Waals surface area contributed by atoms with Crippen LogP contribution in [0.5, 0.6) is 0 Å². The Bertz CT molecular complexity index is 4810. The second-order valence-corrected chi connectivity index (χ2v) is 19.6. The van der Waals surface area contributed by atoms with E-state index in [9.17, 15) is 23.7 Å². The molecule has 14 aromatic rings. The molecule has 0 amide bonds. The molecule has 4 aromatic heterocycles. The minimum atomic E-state index is -4.80. The molecular formula is C69H39F3N10. The molecule has 82 heavy (non-hydrogen) atoms. The summed E-state index contributed by atoms with van der Waals surface area (Å²) < 4.78 is 48.8. The quantitative estimate of drug-likeness (QED) is 0.139. The second-order valence-electron chi connectivity index (χ2n) is 19.6. The molecule has 0 spiro atoms. The van der Waals surface area contributed by atoms with Crippen molar-refractivity contribution in [3.63, 3.8) is 0 Å². The number of hydrogen-bond donors (Lipinski definition) is 0. The van der Waals surface area contributed by atoms with Crippen LogP contribution in [-0.2, 0) is 6.18 Å². The van der Waals surface area contributed by atoms with Gasteiger partial charge in [-0.05, 0) is 54.1 Å². The van der Waals surface area contributed by atoms with E-state index in [-0.39, 0.29) is 27.9 Å². The van der Waals surface area contributed by atoms with Crippen molar-refractivity contribution in [2.75, 3.05) is 0 Å². The first kappa shape index (κ1) is 48.9. The molecule has 10 aromatic carbocycles. The van der Waals surface area contributed by atoms with Crippen molar-refractivity contribution in [1.82, 2.24) is 39.0 Å². The summed E-state index contributed by atoms with van der Waals surface area (Å²) in [5, 5.41) is 25.7. The van der Waals surface area contributed by atoms with Gasteiger partial charge in [-0.3, -0.25) is 0 Å². The van der Waals surface area contributed by atoms with Crippen molar-refractivity contribution in [2.24, 2.45) is 0 Å². The maximum absolute atomic E-state index is 14.9. The van der Waals surface area contributed by atoms with Crippen LogP contribution < -0.4 is 0 Å². The van der Waals surface area contributed by atoms with Crippen molar-refractivity contribution in [3.05, 3.63) is 253 Å². The van der Waals surface area contributed by atoms with Crippen molar-refractivity contribution in [3.8, 4) is 103 Å². The Morgan fingerprint density at radius 2 is 0.720 bits per heavy atom. The Balaban J connectivity index is 1.06. The second kappa shape index (κ2) is 19.8. The molecule has 0 aliphatic carbocycles. The molecule has 0 atom stereocenters. The van der Waals surface area contributed by atoms with Gasteiger partial charge in [0.25, 0.3) is 0 Å². The minimum absolute atomic E-state index is 0.0896. The maximum Gasteiger partial charge on any atom is 0.416 e. The third-order valence-electron chi connectivity index (χ3n) is 14.7. The average Bonchev–Trinajstić information content (AvgIpc) is 3.12. The van der Waals surface area contributed by atoms with Crippen LogP contribution in [-0.4, -0.2) is 39.0 Å². The van der Waals surface area contributed by atoms with Gasteiger partial charge in [-0.1, -0.05) is 188 Å². The number of hydrogen-bond acceptors (Lipinski definition) is 8. The van der Waals surface area contributed by atoms with Crippen LogP contribution in [0, 0.1) is 22.7 Å². The zero-order chi connectivity index (χ0) is 55.5. The van der Waals surface area contributed by atoms with Crippen LogP contribution in [0.2, 0.25) is 0 Å². The molecule has 0 fully saturated rings. The zero-order valence-electron chi connectivity index (χ0n) is 43.1. The number of halogens is 3. The van der Waals surface area contributed by atoms with E-state index in [4.69, 9.17) is 29.9 Å². The molecule has 13 heteroatoms. The summed E-state index contributed by atoms with van der Waals surface area (Å²) in [6, 6.07) is 77.6. The highest BCUT2D eigenvalue weighted by Crippen LogP contribution is 2.45. The lowest BCUT2D eigenvalue weighted by Gasteiger charge is -2.21. The summed E-state index contributed by atoms with van der Waals surface area (Å²) in [6.45, 7) is 0. The number of benzene rings is 10. The Morgan fingerprint density at radius 1 is 0.329 bits per heavy atom. The van der Waals surface area contributed by atoms with E-state index in [1.807, 2.05) is 221 Å². The van der Waals surface area contributed by atoms with Gasteiger partial charge in [0.2, 0.25) is 0 Å². The molecule has 0 saturated heterocycles. The van der Waals surface area contributed by atoms with Gasteiger partial charge < -0.3 is 9.13 Å². The van der Waals surface area contributed by atoms with Crippen LogP contribution in [0.1, 0.15) is 16.7 Å². The average molecular weight is 1070 g/mol. The van der Waals surface area contributed by atoms with Gasteiger partial charge in [0.05, 0.1) is 50.6 Å². The smallest absolute Gasteiger partial charge is 0.308 e. The first-order valence-corrected chi connectivity index (χ1v) is 26.2. The van der Waals surface area contributed by atoms with E-state index in [1.54, 1.807) is 12.1 Å². The van der Waals surface area contributed by atoms with E-state index >= 15 is 0 Å². The van der Waals surface area contributed by atoms with Crippen molar-refractivity contribution in [2.45, 2.75) is 6.18 Å². The molecule has 0 N–H and O–H groups in total. The summed E-state index contributed by atoms with van der Waals surface area (Å²) in [4.78, 5) is 30.1. The molecular weight excluding hydrogens is 1030 g/mol. The van der Waals surface area contributed by atoms with Crippen molar-refractivity contribution >= 4 is 43.6 Å². The molecule has 14 rings (SSSR count). The van der Waals surface area contributed by atoms with Crippen molar-refractivity contribution in [1.29, 1.82) is 10.5 Å². The number of rotatable bonds is 9. The summed E-state index contributed by atoms with van der Waals surface area (Å²) in [5.74, 6) is 2.70. The zero-order valence-corrected chi connectivity index (χ0v) is 43.1. The molecule has 386 valence electrons. The summed E-state index contributed by atoms with van der Waals surface area (Å²) in [7, 11) is 0. The number of nitrogens with zero attached hydrogens (tertiary/aromatic N) is 10. The van der Waals surface area contributed by atoms with Gasteiger partial charge in [0.1, 0.15) is 11.6 Å². The van der Waals surface area contributed by atoms with Gasteiger partial charge in [-0.25, -0.2) is 29.9 Å². The molecule has 0 aliphatic rings. The summed E-state index contributed by atoms with van der Waals surface area (Å²) in [6.07, 6.45) is -4.80. The normalized spacial score (nSPS) is 11.6. The van der Waals surface area contributed by atoms with Crippen LogP contribution in [0.3, 0.4) is 0 Å². The topological polar surface area (TPSA) is 135 Å². The lowest BCUT2D eigenvalue weighted by molar-refractivity contribution is -0.137. The van der Waals surface area contributed by atoms with E-state index in [2.05, 4.69) is 6.07 Å². The van der Waals surface area contributed by atoms with Crippen LogP contribution in [0.4, 0.5) is 13.2 Å². The number of fused-ring (bicyclic) bond motifs is 6. The first-order valence-electron chi connectivity index (χ1n) is 26.2. The third kappa shape index (κ3) is 8.54. The van der Waals surface area contributed by atoms with Gasteiger partial charge in [0, 0.05) is 60.5 Å². The van der Waals surface area contributed by atoms with Gasteiger partial charge in [0.15, 0.2) is 34.9 Å². The lowest BCUT2D eigenvalue weighted by atomic mass is 9.95. The fraction of sp³-hybridized carbons (Fsp3) is 0.0145.